The van der Waals surface area contributed by atoms with E-state index >= 15 is 0 Å². The van der Waals surface area contributed by atoms with E-state index in [-0.39, 0.29) is 32.0 Å². The molecular weight excluding hydrogens is 762 g/mol. The molecule has 2 atom stereocenters. The van der Waals surface area contributed by atoms with Crippen LogP contribution in [-0.4, -0.2) is 68.3 Å². The molecule has 0 heterocycles. The van der Waals surface area contributed by atoms with Gasteiger partial charge in [-0.1, -0.05) is 172 Å². The Bertz CT molecular complexity index is 1120. The van der Waals surface area contributed by atoms with Crippen LogP contribution in [0.1, 0.15) is 206 Å². The third-order valence-electron chi connectivity index (χ3n) is 10.1. The fourth-order valence-electron chi connectivity index (χ4n) is 6.40. The zero-order valence-corrected chi connectivity index (χ0v) is 39.3. The van der Waals surface area contributed by atoms with E-state index in [9.17, 15) is 19.0 Å². The van der Waals surface area contributed by atoms with E-state index in [0.29, 0.717) is 13.0 Å². The summed E-state index contributed by atoms with van der Waals surface area (Å²) in [7, 11) is -0.738. The first kappa shape index (κ1) is 57.0. The maximum absolute atomic E-state index is 12.7. The van der Waals surface area contributed by atoms with Crippen LogP contribution in [0.25, 0.3) is 0 Å². The zero-order valence-electron chi connectivity index (χ0n) is 38.4. The number of carbonyl (C=O) groups excluding carboxylic acids is 2. The highest BCUT2D eigenvalue weighted by Crippen LogP contribution is 2.43. The van der Waals surface area contributed by atoms with Gasteiger partial charge in [0, 0.05) is 19.4 Å². The highest BCUT2D eigenvalue weighted by Gasteiger charge is 2.26. The number of phosphoric acid groups is 1. The molecule has 0 aromatic carbocycles. The minimum absolute atomic E-state index is 0.00284. The molecule has 10 heteroatoms. The molecule has 0 fully saturated rings. The molecule has 0 aromatic rings. The van der Waals surface area contributed by atoms with Crippen molar-refractivity contribution in [3.8, 4) is 0 Å². The Morgan fingerprint density at radius 3 is 1.42 bits per heavy atom. The first-order chi connectivity index (χ1) is 28.7. The molecule has 0 spiro atoms. The van der Waals surface area contributed by atoms with Gasteiger partial charge in [-0.25, -0.2) is 4.57 Å². The third kappa shape index (κ3) is 45.3. The van der Waals surface area contributed by atoms with Crippen molar-refractivity contribution in [1.29, 1.82) is 0 Å². The number of likely N-dealkylation sites (N-methyl/N-ethyl adjacent to an activating group) is 1. The van der Waals surface area contributed by atoms with Gasteiger partial charge in [0.15, 0.2) is 6.10 Å². The second kappa shape index (κ2) is 44.0. The Morgan fingerprint density at radius 1 is 0.525 bits per heavy atom. The second-order valence-corrected chi connectivity index (χ2v) is 17.7. The number of hydrogen-bond donors (Lipinski definition) is 1. The molecule has 0 aliphatic rings. The lowest BCUT2D eigenvalue weighted by Gasteiger charge is -2.20. The number of esters is 2. The lowest BCUT2D eigenvalue weighted by atomic mass is 10.1. The van der Waals surface area contributed by atoms with Gasteiger partial charge in [0.2, 0.25) is 0 Å². The van der Waals surface area contributed by atoms with Gasteiger partial charge in [0.1, 0.15) is 6.61 Å². The Hall–Kier alpha value is -2.03. The predicted molar refractivity (Wildman–Crippen MR) is 248 cm³/mol. The quantitative estimate of drug-likeness (QED) is 0.0277. The normalized spacial score (nSPS) is 13.7. The molecular formula is C49H90NO8P. The summed E-state index contributed by atoms with van der Waals surface area (Å²) in [6, 6.07) is 0. The first-order valence-corrected chi connectivity index (χ1v) is 25.4. The molecule has 9 nitrogen and oxygen atoms in total. The van der Waals surface area contributed by atoms with E-state index in [1.165, 1.54) is 128 Å². The van der Waals surface area contributed by atoms with E-state index in [1.54, 1.807) is 0 Å². The molecule has 0 aromatic heterocycles. The van der Waals surface area contributed by atoms with E-state index in [1.807, 2.05) is 19.0 Å². The van der Waals surface area contributed by atoms with Crippen molar-refractivity contribution in [1.82, 2.24) is 4.90 Å². The highest BCUT2D eigenvalue weighted by molar-refractivity contribution is 7.47. The number of unbranched alkanes of at least 4 members (excludes halogenated alkanes) is 22. The number of phosphoric ester groups is 1. The molecule has 0 amide bonds. The third-order valence-corrected chi connectivity index (χ3v) is 11.1. The first-order valence-electron chi connectivity index (χ1n) is 23.9. The Morgan fingerprint density at radius 2 is 0.932 bits per heavy atom. The van der Waals surface area contributed by atoms with Gasteiger partial charge in [0.05, 0.1) is 13.2 Å². The highest BCUT2D eigenvalue weighted by atomic mass is 31.2. The van der Waals surface area contributed by atoms with Crippen LogP contribution >= 0.6 is 7.82 Å². The van der Waals surface area contributed by atoms with Crippen LogP contribution in [0.3, 0.4) is 0 Å². The lowest BCUT2D eigenvalue weighted by molar-refractivity contribution is -0.161. The largest absolute Gasteiger partial charge is 0.472 e. The maximum Gasteiger partial charge on any atom is 0.472 e. The van der Waals surface area contributed by atoms with Crippen molar-refractivity contribution in [2.75, 3.05) is 40.5 Å². The standard InChI is InChI=1S/C49H90NO8P/c1-5-7-9-11-13-15-17-19-21-23-24-26-27-29-31-33-35-37-39-41-48(51)55-45-47(46-57-59(53,54)56-44-43-50(3)4)58-49(52)42-40-38-36-34-32-30-28-25-22-20-18-16-14-12-10-8-6-2/h19-22,28,30,34,36,47H,5-18,23-27,29,31-33,35,37-46H2,1-4H3,(H,53,54)/b21-19-,22-20-,30-28-,36-34-. The van der Waals surface area contributed by atoms with Gasteiger partial charge in [-0.15, -0.1) is 0 Å². The summed E-state index contributed by atoms with van der Waals surface area (Å²) < 4.78 is 33.5. The number of allylic oxidation sites excluding steroid dienone is 8. The van der Waals surface area contributed by atoms with Crippen molar-refractivity contribution in [2.45, 2.75) is 213 Å². The van der Waals surface area contributed by atoms with Crippen molar-refractivity contribution < 1.29 is 37.6 Å². The summed E-state index contributed by atoms with van der Waals surface area (Å²) in [5, 5.41) is 0. The summed E-state index contributed by atoms with van der Waals surface area (Å²) in [6.45, 7) is 4.26. The molecule has 0 saturated carbocycles. The smallest absolute Gasteiger partial charge is 0.462 e. The Kier molecular flexibility index (Phi) is 42.5. The molecule has 0 bridgehead atoms. The number of ether oxygens (including phenoxy) is 2. The molecule has 0 saturated heterocycles. The topological polar surface area (TPSA) is 112 Å². The van der Waals surface area contributed by atoms with Gasteiger partial charge < -0.3 is 19.3 Å². The van der Waals surface area contributed by atoms with Gasteiger partial charge in [0.25, 0.3) is 0 Å². The van der Waals surface area contributed by atoms with Gasteiger partial charge in [-0.2, -0.15) is 0 Å². The average Bonchev–Trinajstić information content (AvgIpc) is 3.20. The predicted octanol–water partition coefficient (Wildman–Crippen LogP) is 14.1. The van der Waals surface area contributed by atoms with E-state index in [0.717, 1.165) is 44.9 Å². The summed E-state index contributed by atoms with van der Waals surface area (Å²) in [6.07, 6.45) is 50.2. The molecule has 59 heavy (non-hydrogen) atoms. The lowest BCUT2D eigenvalue weighted by Crippen LogP contribution is -2.29. The molecule has 0 aliphatic carbocycles. The van der Waals surface area contributed by atoms with Crippen molar-refractivity contribution in [2.24, 2.45) is 0 Å². The van der Waals surface area contributed by atoms with Crippen LogP contribution < -0.4 is 0 Å². The minimum Gasteiger partial charge on any atom is -0.462 e. The molecule has 1 N–H and O–H groups in total. The zero-order chi connectivity index (χ0) is 43.3. The average molecular weight is 852 g/mol. The number of nitrogens with zero attached hydrogens (tertiary/aromatic N) is 1. The van der Waals surface area contributed by atoms with Crippen LogP contribution in [0.4, 0.5) is 0 Å². The van der Waals surface area contributed by atoms with Crippen LogP contribution in [0, 0.1) is 0 Å². The van der Waals surface area contributed by atoms with Crippen LogP contribution in [0.5, 0.6) is 0 Å². The molecule has 2 unspecified atom stereocenters. The van der Waals surface area contributed by atoms with E-state index in [2.05, 4.69) is 62.5 Å². The fraction of sp³-hybridized carbons (Fsp3) is 0.796. The van der Waals surface area contributed by atoms with Gasteiger partial charge in [-0.05, 0) is 84.7 Å². The molecule has 0 radical (unpaired) electrons. The molecule has 0 aliphatic heterocycles. The second-order valence-electron chi connectivity index (χ2n) is 16.3. The van der Waals surface area contributed by atoms with E-state index < -0.39 is 26.5 Å². The van der Waals surface area contributed by atoms with Crippen LogP contribution in [-0.2, 0) is 32.7 Å². The van der Waals surface area contributed by atoms with Gasteiger partial charge >= 0.3 is 19.8 Å². The van der Waals surface area contributed by atoms with E-state index in [4.69, 9.17) is 18.5 Å². The van der Waals surface area contributed by atoms with Gasteiger partial charge in [-0.3, -0.25) is 18.6 Å². The molecule has 0 rings (SSSR count). The summed E-state index contributed by atoms with van der Waals surface area (Å²) in [4.78, 5) is 37.1. The van der Waals surface area contributed by atoms with Crippen molar-refractivity contribution >= 4 is 19.8 Å². The number of carbonyl (C=O) groups is 2. The maximum atomic E-state index is 12.7. The monoisotopic (exact) mass is 852 g/mol. The molecule has 344 valence electrons. The number of rotatable bonds is 44. The van der Waals surface area contributed by atoms with Crippen LogP contribution in [0.2, 0.25) is 0 Å². The minimum atomic E-state index is -4.38. The van der Waals surface area contributed by atoms with Crippen LogP contribution in [0.15, 0.2) is 48.6 Å². The summed E-state index contributed by atoms with van der Waals surface area (Å²) in [5.74, 6) is -0.863. The van der Waals surface area contributed by atoms with Crippen molar-refractivity contribution in [3.05, 3.63) is 48.6 Å². The van der Waals surface area contributed by atoms with Crippen molar-refractivity contribution in [3.63, 3.8) is 0 Å². The Labute approximate surface area is 362 Å². The fourth-order valence-corrected chi connectivity index (χ4v) is 7.15. The number of hydrogen-bond acceptors (Lipinski definition) is 8. The Balaban J connectivity index is 4.30. The summed E-state index contributed by atoms with van der Waals surface area (Å²) >= 11 is 0. The summed E-state index contributed by atoms with van der Waals surface area (Å²) in [5.41, 5.74) is 0. The SMILES string of the molecule is CCCCCCCC/C=C\C/C=C\C/C=C\CCCC(=O)OC(COC(=O)CCCCCCCCCCC/C=C\CCCCCCCC)COP(=O)(O)OCCN(C)C.